The molecule has 6 heteroatoms. The van der Waals surface area contributed by atoms with Crippen LogP contribution in [0.2, 0.25) is 0 Å². The van der Waals surface area contributed by atoms with Crippen LogP contribution in [0.5, 0.6) is 0 Å². The molecule has 0 atom stereocenters. The lowest BCUT2D eigenvalue weighted by Gasteiger charge is -2.33. The summed E-state index contributed by atoms with van der Waals surface area (Å²) in [6, 6.07) is 2.27. The Kier molecular flexibility index (Phi) is 4.26. The fourth-order valence-electron chi connectivity index (χ4n) is 2.63. The predicted molar refractivity (Wildman–Crippen MR) is 90.7 cm³/mol. The van der Waals surface area contributed by atoms with Crippen molar-refractivity contribution in [3.63, 3.8) is 0 Å². The first-order chi connectivity index (χ1) is 10.2. The monoisotopic (exact) mass is 305 g/mol. The third kappa shape index (κ3) is 2.96. The van der Waals surface area contributed by atoms with E-state index in [-0.39, 0.29) is 0 Å². The number of anilines is 2. The second-order valence-electron chi connectivity index (χ2n) is 5.48. The van der Waals surface area contributed by atoms with Crippen LogP contribution in [0.25, 0.3) is 10.2 Å². The maximum Gasteiger partial charge on any atom is 0.226 e. The summed E-state index contributed by atoms with van der Waals surface area (Å²) in [6.45, 7) is 9.37. The molecule has 0 aliphatic carbocycles. The molecule has 0 bridgehead atoms. The van der Waals surface area contributed by atoms with Gasteiger partial charge in [0.05, 0.1) is 5.39 Å². The Bertz CT molecular complexity index is 616. The predicted octanol–water partition coefficient (Wildman–Crippen LogP) is 2.44. The van der Waals surface area contributed by atoms with Crippen molar-refractivity contribution in [3.8, 4) is 0 Å². The Labute approximate surface area is 130 Å². The molecule has 1 saturated heterocycles. The molecular formula is C15H23N5S. The van der Waals surface area contributed by atoms with Crippen LogP contribution < -0.4 is 10.2 Å². The molecule has 3 heterocycles. The highest BCUT2D eigenvalue weighted by atomic mass is 32.1. The number of nitrogens with one attached hydrogen (secondary N) is 1. The molecule has 3 rings (SSSR count). The second-order valence-corrected chi connectivity index (χ2v) is 6.59. The third-order valence-corrected chi connectivity index (χ3v) is 5.08. The van der Waals surface area contributed by atoms with Gasteiger partial charge in [0, 0.05) is 37.6 Å². The van der Waals surface area contributed by atoms with Crippen molar-refractivity contribution in [3.05, 3.63) is 10.9 Å². The van der Waals surface area contributed by atoms with Crippen molar-refractivity contribution in [1.29, 1.82) is 0 Å². The van der Waals surface area contributed by atoms with E-state index < -0.39 is 0 Å². The fourth-order valence-corrected chi connectivity index (χ4v) is 3.59. The van der Waals surface area contributed by atoms with E-state index in [0.717, 1.165) is 55.7 Å². The molecule has 2 aromatic heterocycles. The normalized spacial score (nSPS) is 16.6. The molecule has 1 N–H and O–H groups in total. The molecule has 114 valence electrons. The summed E-state index contributed by atoms with van der Waals surface area (Å²) < 4.78 is 0. The topological polar surface area (TPSA) is 44.3 Å². The molecule has 0 spiro atoms. The molecule has 2 aromatic rings. The van der Waals surface area contributed by atoms with Gasteiger partial charge in [0.1, 0.15) is 10.6 Å². The summed E-state index contributed by atoms with van der Waals surface area (Å²) in [5, 5.41) is 4.47. The van der Waals surface area contributed by atoms with Gasteiger partial charge in [-0.2, -0.15) is 4.98 Å². The number of piperazine rings is 1. The van der Waals surface area contributed by atoms with Gasteiger partial charge in [0.2, 0.25) is 5.95 Å². The van der Waals surface area contributed by atoms with E-state index in [1.165, 1.54) is 10.3 Å². The van der Waals surface area contributed by atoms with Crippen molar-refractivity contribution in [2.24, 2.45) is 0 Å². The standard InChI is InChI=1S/C15H23N5S/c1-4-11-10-12-13(20-8-6-19(3)7-9-20)17-15(16-5-2)18-14(12)21-11/h10H,4-9H2,1-3H3,(H,16,17,18). The lowest BCUT2D eigenvalue weighted by molar-refractivity contribution is 0.312. The van der Waals surface area contributed by atoms with Gasteiger partial charge < -0.3 is 15.1 Å². The van der Waals surface area contributed by atoms with Gasteiger partial charge in [0.25, 0.3) is 0 Å². The van der Waals surface area contributed by atoms with Crippen molar-refractivity contribution in [1.82, 2.24) is 14.9 Å². The smallest absolute Gasteiger partial charge is 0.226 e. The molecule has 21 heavy (non-hydrogen) atoms. The van der Waals surface area contributed by atoms with Crippen molar-refractivity contribution in [2.45, 2.75) is 20.3 Å². The van der Waals surface area contributed by atoms with E-state index in [0.29, 0.717) is 0 Å². The average Bonchev–Trinajstić information content (AvgIpc) is 2.91. The molecule has 0 amide bonds. The highest BCUT2D eigenvalue weighted by molar-refractivity contribution is 7.18. The van der Waals surface area contributed by atoms with E-state index in [9.17, 15) is 0 Å². The zero-order chi connectivity index (χ0) is 14.8. The van der Waals surface area contributed by atoms with Gasteiger partial charge in [-0.25, -0.2) is 4.98 Å². The first-order valence-corrected chi connectivity index (χ1v) is 8.50. The average molecular weight is 305 g/mol. The lowest BCUT2D eigenvalue weighted by atomic mass is 10.2. The molecule has 1 aliphatic heterocycles. The summed E-state index contributed by atoms with van der Waals surface area (Å²) >= 11 is 1.79. The number of aryl methyl sites for hydroxylation is 1. The van der Waals surface area contributed by atoms with Crippen LogP contribution in [-0.4, -0.2) is 54.6 Å². The first-order valence-electron chi connectivity index (χ1n) is 7.69. The maximum atomic E-state index is 4.78. The van der Waals surface area contributed by atoms with Crippen molar-refractivity contribution in [2.75, 3.05) is 50.0 Å². The fraction of sp³-hybridized carbons (Fsp3) is 0.600. The van der Waals surface area contributed by atoms with E-state index in [1.807, 2.05) is 0 Å². The van der Waals surface area contributed by atoms with E-state index in [1.54, 1.807) is 11.3 Å². The number of aromatic nitrogens is 2. The summed E-state index contributed by atoms with van der Waals surface area (Å²) in [4.78, 5) is 16.7. The number of fused-ring (bicyclic) bond motifs is 1. The Morgan fingerprint density at radius 2 is 1.95 bits per heavy atom. The largest absolute Gasteiger partial charge is 0.354 e. The van der Waals surface area contributed by atoms with Gasteiger partial charge in [-0.15, -0.1) is 11.3 Å². The minimum Gasteiger partial charge on any atom is -0.354 e. The number of hydrogen-bond acceptors (Lipinski definition) is 6. The molecule has 5 nitrogen and oxygen atoms in total. The lowest BCUT2D eigenvalue weighted by Crippen LogP contribution is -2.44. The number of thiophene rings is 1. The van der Waals surface area contributed by atoms with Crippen LogP contribution in [0.3, 0.4) is 0 Å². The van der Waals surface area contributed by atoms with Crippen LogP contribution in [-0.2, 0) is 6.42 Å². The Morgan fingerprint density at radius 3 is 2.62 bits per heavy atom. The van der Waals surface area contributed by atoms with Crippen LogP contribution >= 0.6 is 11.3 Å². The number of nitrogens with zero attached hydrogens (tertiary/aromatic N) is 4. The summed E-state index contributed by atoms with van der Waals surface area (Å²) in [5.74, 6) is 1.85. The van der Waals surface area contributed by atoms with Gasteiger partial charge in [-0.05, 0) is 26.5 Å². The van der Waals surface area contributed by atoms with Gasteiger partial charge >= 0.3 is 0 Å². The van der Waals surface area contributed by atoms with Crippen LogP contribution in [0, 0.1) is 0 Å². The SMILES string of the molecule is CCNc1nc(N2CCN(C)CC2)c2cc(CC)sc2n1. The van der Waals surface area contributed by atoms with Crippen LogP contribution in [0.1, 0.15) is 18.7 Å². The van der Waals surface area contributed by atoms with Crippen LogP contribution in [0.4, 0.5) is 11.8 Å². The van der Waals surface area contributed by atoms with Crippen molar-refractivity contribution >= 4 is 33.3 Å². The van der Waals surface area contributed by atoms with Crippen LogP contribution in [0.15, 0.2) is 6.07 Å². The highest BCUT2D eigenvalue weighted by Crippen LogP contribution is 2.32. The van der Waals surface area contributed by atoms with E-state index in [4.69, 9.17) is 4.98 Å². The highest BCUT2D eigenvalue weighted by Gasteiger charge is 2.20. The minimum absolute atomic E-state index is 0.753. The molecule has 0 radical (unpaired) electrons. The minimum atomic E-state index is 0.753. The molecule has 1 aliphatic rings. The second kappa shape index (κ2) is 6.15. The summed E-state index contributed by atoms with van der Waals surface area (Å²) in [7, 11) is 2.18. The zero-order valence-corrected chi connectivity index (χ0v) is 13.8. The van der Waals surface area contributed by atoms with Crippen molar-refractivity contribution < 1.29 is 0 Å². The Morgan fingerprint density at radius 1 is 1.19 bits per heavy atom. The summed E-state index contributed by atoms with van der Waals surface area (Å²) in [5.41, 5.74) is 0. The van der Waals surface area contributed by atoms with Gasteiger partial charge in [0.15, 0.2) is 0 Å². The molecule has 1 fully saturated rings. The first kappa shape index (κ1) is 14.5. The number of hydrogen-bond donors (Lipinski definition) is 1. The van der Waals surface area contributed by atoms with Gasteiger partial charge in [-0.3, -0.25) is 0 Å². The van der Waals surface area contributed by atoms with Gasteiger partial charge in [-0.1, -0.05) is 6.92 Å². The van der Waals surface area contributed by atoms with E-state index in [2.05, 4.69) is 47.1 Å². The maximum absolute atomic E-state index is 4.78. The van der Waals surface area contributed by atoms with E-state index >= 15 is 0 Å². The molecule has 0 aromatic carbocycles. The zero-order valence-electron chi connectivity index (χ0n) is 13.0. The summed E-state index contributed by atoms with van der Waals surface area (Å²) in [6.07, 6.45) is 1.06. The Balaban J connectivity index is 2.03. The molecule has 0 unspecified atom stereocenters. The quantitative estimate of drug-likeness (QED) is 0.940. The third-order valence-electron chi connectivity index (χ3n) is 3.91. The molecular weight excluding hydrogens is 282 g/mol. The number of rotatable bonds is 4. The molecule has 0 saturated carbocycles. The Hall–Kier alpha value is -1.40. The number of likely N-dealkylation sites (N-methyl/N-ethyl adjacent to an activating group) is 1.